The summed E-state index contributed by atoms with van der Waals surface area (Å²) in [5.74, 6) is -0.857. The van der Waals surface area contributed by atoms with Crippen molar-refractivity contribution in [2.75, 3.05) is 13.1 Å². The molecule has 0 spiro atoms. The number of rotatable bonds is 6. The van der Waals surface area contributed by atoms with Gasteiger partial charge in [-0.05, 0) is 56.7 Å². The van der Waals surface area contributed by atoms with Gasteiger partial charge in [-0.15, -0.1) is 0 Å². The Labute approximate surface area is 173 Å². The number of halogens is 1. The van der Waals surface area contributed by atoms with Gasteiger partial charge in [0.1, 0.15) is 23.8 Å². The first-order valence-electron chi connectivity index (χ1n) is 9.48. The van der Waals surface area contributed by atoms with E-state index in [0.29, 0.717) is 11.3 Å². The van der Waals surface area contributed by atoms with E-state index in [1.54, 1.807) is 39.0 Å². The highest BCUT2D eigenvalue weighted by Crippen LogP contribution is 2.27. The van der Waals surface area contributed by atoms with Crippen molar-refractivity contribution in [2.24, 2.45) is 0 Å². The Morgan fingerprint density at radius 3 is 2.50 bits per heavy atom. The Bertz CT molecular complexity index is 984. The summed E-state index contributed by atoms with van der Waals surface area (Å²) in [6, 6.07) is 10.6. The molecular formula is C22H23FN2O5. The van der Waals surface area contributed by atoms with Crippen LogP contribution in [0.1, 0.15) is 47.1 Å². The van der Waals surface area contributed by atoms with Crippen LogP contribution in [0.2, 0.25) is 0 Å². The smallest absolute Gasteiger partial charge is 0.407 e. The van der Waals surface area contributed by atoms with Gasteiger partial charge in [-0.2, -0.15) is 0 Å². The molecule has 8 heteroatoms. The van der Waals surface area contributed by atoms with Crippen molar-refractivity contribution in [1.82, 2.24) is 10.2 Å². The standard InChI is InChI=1S/C22H23FN2O5/c1-22(2,3)30-21(28)24-9-10-25-19(26)17-8-7-16(12-18(17)20(25)27)29-13-14-5-4-6-15(23)11-14/h4-8,11-12H,9-10,13H2,1-3H3,(H,24,28). The van der Waals surface area contributed by atoms with Gasteiger partial charge >= 0.3 is 6.09 Å². The van der Waals surface area contributed by atoms with Gasteiger partial charge in [0.25, 0.3) is 11.8 Å². The second-order valence-corrected chi connectivity index (χ2v) is 7.82. The van der Waals surface area contributed by atoms with Crippen molar-refractivity contribution in [2.45, 2.75) is 33.0 Å². The predicted octanol–water partition coefficient (Wildman–Crippen LogP) is 3.53. The normalized spacial score (nSPS) is 13.3. The molecule has 0 bridgehead atoms. The molecule has 0 radical (unpaired) electrons. The lowest BCUT2D eigenvalue weighted by atomic mass is 10.1. The number of benzene rings is 2. The molecule has 30 heavy (non-hydrogen) atoms. The van der Waals surface area contributed by atoms with Crippen molar-refractivity contribution < 1.29 is 28.2 Å². The summed E-state index contributed by atoms with van der Waals surface area (Å²) in [4.78, 5) is 37.9. The van der Waals surface area contributed by atoms with Gasteiger partial charge in [0.15, 0.2) is 0 Å². The summed E-state index contributed by atoms with van der Waals surface area (Å²) in [6.45, 7) is 5.44. The fraction of sp³-hybridized carbons (Fsp3) is 0.318. The molecule has 1 aliphatic heterocycles. The molecule has 0 saturated carbocycles. The lowest BCUT2D eigenvalue weighted by Crippen LogP contribution is -2.40. The van der Waals surface area contributed by atoms with Crippen LogP contribution in [0.3, 0.4) is 0 Å². The Hall–Kier alpha value is -3.42. The van der Waals surface area contributed by atoms with E-state index in [1.165, 1.54) is 24.3 Å². The van der Waals surface area contributed by atoms with E-state index in [-0.39, 0.29) is 36.6 Å². The van der Waals surface area contributed by atoms with Crippen LogP contribution in [0, 0.1) is 5.82 Å². The van der Waals surface area contributed by atoms with Crippen LogP contribution in [0.25, 0.3) is 0 Å². The number of carbonyl (C=O) groups excluding carboxylic acids is 3. The molecule has 1 aliphatic rings. The first kappa shape index (κ1) is 21.3. The van der Waals surface area contributed by atoms with Crippen LogP contribution in [0.5, 0.6) is 5.75 Å². The molecule has 1 heterocycles. The molecule has 1 N–H and O–H groups in total. The molecule has 0 saturated heterocycles. The zero-order chi connectivity index (χ0) is 21.9. The number of ether oxygens (including phenoxy) is 2. The number of hydrogen-bond acceptors (Lipinski definition) is 5. The largest absolute Gasteiger partial charge is 0.489 e. The fourth-order valence-electron chi connectivity index (χ4n) is 2.94. The molecule has 0 unspecified atom stereocenters. The summed E-state index contributed by atoms with van der Waals surface area (Å²) in [5.41, 5.74) is 0.513. The molecule has 0 fully saturated rings. The zero-order valence-corrected chi connectivity index (χ0v) is 17.0. The Morgan fingerprint density at radius 1 is 1.07 bits per heavy atom. The zero-order valence-electron chi connectivity index (χ0n) is 17.0. The van der Waals surface area contributed by atoms with E-state index in [2.05, 4.69) is 5.32 Å². The van der Waals surface area contributed by atoms with Crippen LogP contribution < -0.4 is 10.1 Å². The average Bonchev–Trinajstić information content (AvgIpc) is 2.89. The number of amides is 3. The molecule has 2 aromatic carbocycles. The minimum absolute atomic E-state index is 0.0189. The lowest BCUT2D eigenvalue weighted by molar-refractivity contribution is 0.0504. The maximum atomic E-state index is 13.3. The predicted molar refractivity (Wildman–Crippen MR) is 107 cm³/mol. The summed E-state index contributed by atoms with van der Waals surface area (Å²) in [6.07, 6.45) is -0.618. The maximum absolute atomic E-state index is 13.3. The molecule has 3 rings (SSSR count). The third-order valence-electron chi connectivity index (χ3n) is 4.24. The van der Waals surface area contributed by atoms with Crippen molar-refractivity contribution in [3.05, 3.63) is 65.0 Å². The molecule has 2 aromatic rings. The number of alkyl carbamates (subject to hydrolysis) is 1. The van der Waals surface area contributed by atoms with Crippen LogP contribution in [-0.4, -0.2) is 41.5 Å². The first-order valence-corrected chi connectivity index (χ1v) is 9.48. The van der Waals surface area contributed by atoms with Crippen molar-refractivity contribution in [3.8, 4) is 5.75 Å². The SMILES string of the molecule is CC(C)(C)OC(=O)NCCN1C(=O)c2ccc(OCc3cccc(F)c3)cc2C1=O. The highest BCUT2D eigenvalue weighted by Gasteiger charge is 2.35. The molecular weight excluding hydrogens is 391 g/mol. The molecule has 158 valence electrons. The van der Waals surface area contributed by atoms with E-state index >= 15 is 0 Å². The maximum Gasteiger partial charge on any atom is 0.407 e. The van der Waals surface area contributed by atoms with Gasteiger partial charge in [-0.3, -0.25) is 14.5 Å². The number of hydrogen-bond donors (Lipinski definition) is 1. The van der Waals surface area contributed by atoms with Crippen LogP contribution in [-0.2, 0) is 11.3 Å². The van der Waals surface area contributed by atoms with Crippen LogP contribution in [0.15, 0.2) is 42.5 Å². The van der Waals surface area contributed by atoms with Gasteiger partial charge in [0.05, 0.1) is 11.1 Å². The lowest BCUT2D eigenvalue weighted by Gasteiger charge is -2.20. The number of carbonyl (C=O) groups is 3. The van der Waals surface area contributed by atoms with E-state index < -0.39 is 23.5 Å². The Kier molecular flexibility index (Phi) is 6.05. The number of fused-ring (bicyclic) bond motifs is 1. The average molecular weight is 414 g/mol. The Morgan fingerprint density at radius 2 is 1.80 bits per heavy atom. The van der Waals surface area contributed by atoms with Crippen LogP contribution in [0.4, 0.5) is 9.18 Å². The molecule has 3 amide bonds. The van der Waals surface area contributed by atoms with Gasteiger partial charge in [-0.1, -0.05) is 12.1 Å². The fourth-order valence-corrected chi connectivity index (χ4v) is 2.94. The van der Waals surface area contributed by atoms with Gasteiger partial charge < -0.3 is 14.8 Å². The second-order valence-electron chi connectivity index (χ2n) is 7.82. The van der Waals surface area contributed by atoms with E-state index in [9.17, 15) is 18.8 Å². The van der Waals surface area contributed by atoms with Gasteiger partial charge in [0.2, 0.25) is 0 Å². The number of imide groups is 1. The van der Waals surface area contributed by atoms with Gasteiger partial charge in [0, 0.05) is 13.1 Å². The van der Waals surface area contributed by atoms with Crippen LogP contribution >= 0.6 is 0 Å². The third kappa shape index (κ3) is 5.14. The van der Waals surface area contributed by atoms with E-state index in [4.69, 9.17) is 9.47 Å². The molecule has 0 aromatic heterocycles. The summed E-state index contributed by atoms with van der Waals surface area (Å²) in [5, 5.41) is 2.53. The minimum atomic E-state index is -0.637. The molecule has 0 atom stereocenters. The highest BCUT2D eigenvalue weighted by molar-refractivity contribution is 6.21. The minimum Gasteiger partial charge on any atom is -0.489 e. The summed E-state index contributed by atoms with van der Waals surface area (Å²) < 4.78 is 24.0. The van der Waals surface area contributed by atoms with Gasteiger partial charge in [-0.25, -0.2) is 9.18 Å². The third-order valence-corrected chi connectivity index (χ3v) is 4.24. The quantitative estimate of drug-likeness (QED) is 0.731. The number of nitrogens with zero attached hydrogens (tertiary/aromatic N) is 1. The number of nitrogens with one attached hydrogen (secondary N) is 1. The topological polar surface area (TPSA) is 84.9 Å². The van der Waals surface area contributed by atoms with Crippen molar-refractivity contribution >= 4 is 17.9 Å². The van der Waals surface area contributed by atoms with E-state index in [1.807, 2.05) is 0 Å². The van der Waals surface area contributed by atoms with Crippen molar-refractivity contribution in [3.63, 3.8) is 0 Å². The molecule has 7 nitrogen and oxygen atoms in total. The molecule has 0 aliphatic carbocycles. The highest BCUT2D eigenvalue weighted by atomic mass is 19.1. The first-order chi connectivity index (χ1) is 14.1. The monoisotopic (exact) mass is 414 g/mol. The summed E-state index contributed by atoms with van der Waals surface area (Å²) in [7, 11) is 0. The Balaban J connectivity index is 1.60. The van der Waals surface area contributed by atoms with Crippen molar-refractivity contribution in [1.29, 1.82) is 0 Å². The van der Waals surface area contributed by atoms with E-state index in [0.717, 1.165) is 4.90 Å². The summed E-state index contributed by atoms with van der Waals surface area (Å²) >= 11 is 0. The second kappa shape index (κ2) is 8.52.